The van der Waals surface area contributed by atoms with Crippen molar-refractivity contribution in [3.05, 3.63) is 0 Å². The normalized spacial score (nSPS) is 11.9. The van der Waals surface area contributed by atoms with E-state index in [4.69, 9.17) is 23.1 Å². The van der Waals surface area contributed by atoms with Gasteiger partial charge in [0.25, 0.3) is 0 Å². The monoisotopic (exact) mass is 330 g/mol. The first-order valence-electron chi connectivity index (χ1n) is 7.27. The van der Waals surface area contributed by atoms with Gasteiger partial charge in [-0.2, -0.15) is 0 Å². The lowest BCUT2D eigenvalue weighted by molar-refractivity contribution is 0.0723. The van der Waals surface area contributed by atoms with Gasteiger partial charge in [0.15, 0.2) is 0 Å². The maximum atomic E-state index is 10.8. The van der Waals surface area contributed by atoms with Gasteiger partial charge < -0.3 is 23.1 Å². The van der Waals surface area contributed by atoms with E-state index in [9.17, 15) is 4.57 Å². The van der Waals surface area contributed by atoms with Gasteiger partial charge in [0.05, 0.1) is 6.16 Å². The third kappa shape index (κ3) is 13.2. The predicted molar refractivity (Wildman–Crippen MR) is 82.9 cm³/mol. The Balaban J connectivity index is 0. The molecule has 0 amide bonds. The summed E-state index contributed by atoms with van der Waals surface area (Å²) >= 11 is 0. The minimum atomic E-state index is -4.04. The number of hydrogen-bond donors (Lipinski definition) is 2. The molecule has 0 aromatic rings. The van der Waals surface area contributed by atoms with E-state index in [2.05, 4.69) is 13.8 Å². The van der Waals surface area contributed by atoms with Gasteiger partial charge in [0, 0.05) is 25.9 Å². The summed E-state index contributed by atoms with van der Waals surface area (Å²) in [5, 5.41) is 0. The van der Waals surface area contributed by atoms with Crippen LogP contribution >= 0.6 is 7.60 Å². The Kier molecular flexibility index (Phi) is 14.6. The van der Waals surface area contributed by atoms with Crippen LogP contribution in [0.2, 0.25) is 6.04 Å². The van der Waals surface area contributed by atoms with Crippen molar-refractivity contribution in [1.82, 2.24) is 0 Å². The Morgan fingerprint density at radius 2 is 1.20 bits per heavy atom. The van der Waals surface area contributed by atoms with Crippen LogP contribution in [0, 0.1) is 0 Å². The van der Waals surface area contributed by atoms with Crippen molar-refractivity contribution in [2.24, 2.45) is 0 Å². The van der Waals surface area contributed by atoms with Gasteiger partial charge >= 0.3 is 16.4 Å². The highest BCUT2D eigenvalue weighted by molar-refractivity contribution is 7.51. The Hall–Kier alpha value is 0.247. The molecule has 0 spiro atoms. The van der Waals surface area contributed by atoms with Crippen LogP contribution in [-0.2, 0) is 17.8 Å². The zero-order chi connectivity index (χ0) is 16.1. The van der Waals surface area contributed by atoms with Gasteiger partial charge in [-0.1, -0.05) is 26.7 Å². The topological polar surface area (TPSA) is 85.2 Å². The molecule has 0 aromatic heterocycles. The molecule has 20 heavy (non-hydrogen) atoms. The Bertz CT molecular complexity index is 239. The van der Waals surface area contributed by atoms with Crippen molar-refractivity contribution >= 4 is 16.4 Å². The van der Waals surface area contributed by atoms with E-state index in [1.165, 1.54) is 12.8 Å². The summed E-state index contributed by atoms with van der Waals surface area (Å²) in [5.74, 6) is 0. The third-order valence-electron chi connectivity index (χ3n) is 2.30. The van der Waals surface area contributed by atoms with Gasteiger partial charge in [-0.05, 0) is 20.8 Å². The fraction of sp³-hybridized carbons (Fsp3) is 1.00. The summed E-state index contributed by atoms with van der Waals surface area (Å²) < 4.78 is 27.2. The van der Waals surface area contributed by atoms with Gasteiger partial charge in [0.1, 0.15) is 0 Å². The van der Waals surface area contributed by atoms with Crippen molar-refractivity contribution in [1.29, 1.82) is 0 Å². The van der Waals surface area contributed by atoms with Gasteiger partial charge in [-0.25, -0.2) is 0 Å². The molecule has 6 nitrogen and oxygen atoms in total. The quantitative estimate of drug-likeness (QED) is 0.473. The second kappa shape index (κ2) is 12.9. The average molecular weight is 330 g/mol. The molecule has 0 unspecified atom stereocenters. The van der Waals surface area contributed by atoms with Crippen LogP contribution < -0.4 is 0 Å². The molecule has 0 saturated heterocycles. The number of hydrogen-bond acceptors (Lipinski definition) is 4. The average Bonchev–Trinajstić information content (AvgIpc) is 2.37. The van der Waals surface area contributed by atoms with E-state index in [-0.39, 0.29) is 12.2 Å². The molecule has 0 fully saturated rings. The van der Waals surface area contributed by atoms with Crippen LogP contribution in [0.3, 0.4) is 0 Å². The molecule has 0 bridgehead atoms. The van der Waals surface area contributed by atoms with Crippen LogP contribution in [0.15, 0.2) is 0 Å². The van der Waals surface area contributed by atoms with Crippen molar-refractivity contribution in [2.45, 2.75) is 53.5 Å². The van der Waals surface area contributed by atoms with E-state index >= 15 is 0 Å². The first-order valence-corrected chi connectivity index (χ1v) is 11.0. The molecular weight excluding hydrogens is 299 g/mol. The third-order valence-corrected chi connectivity index (χ3v) is 6.58. The van der Waals surface area contributed by atoms with Crippen LogP contribution in [0.4, 0.5) is 0 Å². The summed E-state index contributed by atoms with van der Waals surface area (Å²) in [6.45, 7) is 11.0. The van der Waals surface area contributed by atoms with Crippen LogP contribution in [-0.4, -0.2) is 44.6 Å². The van der Waals surface area contributed by atoms with E-state index in [0.717, 1.165) is 0 Å². The van der Waals surface area contributed by atoms with Crippen molar-refractivity contribution in [3.8, 4) is 0 Å². The van der Waals surface area contributed by atoms with E-state index < -0.39 is 16.4 Å². The minimum absolute atomic E-state index is 0.146. The lowest BCUT2D eigenvalue weighted by Gasteiger charge is -2.28. The molecule has 0 aromatic carbocycles. The smallest absolute Gasteiger partial charge is 0.374 e. The Morgan fingerprint density at radius 3 is 1.40 bits per heavy atom. The van der Waals surface area contributed by atoms with Gasteiger partial charge in [0.2, 0.25) is 0 Å². The van der Waals surface area contributed by atoms with Crippen molar-refractivity contribution in [3.63, 3.8) is 0 Å². The Labute approximate surface area is 124 Å². The van der Waals surface area contributed by atoms with E-state index in [1.54, 1.807) is 20.8 Å². The highest BCUT2D eigenvalue weighted by atomic mass is 31.2. The molecule has 8 heteroatoms. The fourth-order valence-corrected chi connectivity index (χ4v) is 5.55. The maximum Gasteiger partial charge on any atom is 0.501 e. The van der Waals surface area contributed by atoms with Crippen LogP contribution in [0.25, 0.3) is 0 Å². The molecule has 0 aliphatic rings. The molecule has 0 radical (unpaired) electrons. The maximum absolute atomic E-state index is 10.8. The molecule has 0 atom stereocenters. The first kappa shape index (κ1) is 22.5. The standard InChI is InChI=1S/C8H21O6PSi.C4H10/c1-4-12-16(13-5-2,14-6-3)8-7-15(9,10)11;1-3-4-2/h4-8H2,1-3H3,(H2,9,10,11);3-4H2,1-2H3. The molecule has 0 heterocycles. The second-order valence-corrected chi connectivity index (χ2v) is 8.63. The summed E-state index contributed by atoms with van der Waals surface area (Å²) in [6.07, 6.45) is 2.37. The Morgan fingerprint density at radius 1 is 0.850 bits per heavy atom. The van der Waals surface area contributed by atoms with E-state index in [1.807, 2.05) is 0 Å². The zero-order valence-corrected chi connectivity index (χ0v) is 15.3. The molecule has 0 saturated carbocycles. The van der Waals surface area contributed by atoms with Gasteiger partial charge in [-0.3, -0.25) is 4.57 Å². The highest BCUT2D eigenvalue weighted by Crippen LogP contribution is 2.37. The van der Waals surface area contributed by atoms with Crippen LogP contribution in [0.5, 0.6) is 0 Å². The van der Waals surface area contributed by atoms with Crippen molar-refractivity contribution < 1.29 is 27.6 Å². The first-order chi connectivity index (χ1) is 9.30. The fourth-order valence-electron chi connectivity index (χ4n) is 1.28. The van der Waals surface area contributed by atoms with Gasteiger partial charge in [-0.15, -0.1) is 0 Å². The van der Waals surface area contributed by atoms with E-state index in [0.29, 0.717) is 19.8 Å². The number of rotatable bonds is 10. The number of unbranched alkanes of at least 4 members (excludes halogenated alkanes) is 1. The summed E-state index contributed by atoms with van der Waals surface area (Å²) in [4.78, 5) is 17.7. The SMILES string of the molecule is CCCC.CCO[Si](CCP(=O)(O)O)(OCC)OCC. The summed E-state index contributed by atoms with van der Waals surface area (Å²) in [5.41, 5.74) is 0. The molecular formula is C12H31O6PSi. The van der Waals surface area contributed by atoms with Crippen molar-refractivity contribution in [2.75, 3.05) is 26.0 Å². The predicted octanol–water partition coefficient (Wildman–Crippen LogP) is 3.02. The minimum Gasteiger partial charge on any atom is -0.374 e. The highest BCUT2D eigenvalue weighted by Gasteiger charge is 2.41. The zero-order valence-electron chi connectivity index (χ0n) is 13.4. The largest absolute Gasteiger partial charge is 0.501 e. The lowest BCUT2D eigenvalue weighted by Crippen LogP contribution is -2.46. The molecule has 124 valence electrons. The van der Waals surface area contributed by atoms with Crippen LogP contribution in [0.1, 0.15) is 47.5 Å². The molecule has 0 aliphatic carbocycles. The molecule has 2 N–H and O–H groups in total. The second-order valence-electron chi connectivity index (χ2n) is 4.12. The lowest BCUT2D eigenvalue weighted by atomic mass is 10.4. The molecule has 0 aliphatic heterocycles. The summed E-state index contributed by atoms with van der Waals surface area (Å²) in [6, 6.07) is 0.146. The summed E-state index contributed by atoms with van der Waals surface area (Å²) in [7, 11) is -6.94. The molecule has 0 rings (SSSR count).